The van der Waals surface area contributed by atoms with Gasteiger partial charge in [0.15, 0.2) is 0 Å². The molecule has 0 aliphatic rings. The number of rotatable bonds is 6. The van der Waals surface area contributed by atoms with E-state index >= 15 is 0 Å². The summed E-state index contributed by atoms with van der Waals surface area (Å²) in [6.45, 7) is 0.670. The van der Waals surface area contributed by atoms with Crippen molar-refractivity contribution < 1.29 is 4.74 Å². The van der Waals surface area contributed by atoms with Crippen molar-refractivity contribution >= 4 is 43.5 Å². The van der Waals surface area contributed by atoms with Gasteiger partial charge in [-0.25, -0.2) is 0 Å². The number of hydrogen-bond acceptors (Lipinski definition) is 1. The molecule has 1 atom stereocenters. The largest absolute Gasteiger partial charge is 0.494 e. The summed E-state index contributed by atoms with van der Waals surface area (Å²) in [7, 11) is 0. The quantitative estimate of drug-likeness (QED) is 0.519. The van der Waals surface area contributed by atoms with Crippen LogP contribution in [0.5, 0.6) is 5.75 Å². The van der Waals surface area contributed by atoms with Crippen LogP contribution in [0.3, 0.4) is 0 Å². The van der Waals surface area contributed by atoms with Crippen molar-refractivity contribution in [3.8, 4) is 5.75 Å². The minimum atomic E-state index is 0.360. The number of ether oxygens (including phenoxy) is 1. The van der Waals surface area contributed by atoms with Crippen molar-refractivity contribution in [3.63, 3.8) is 0 Å². The lowest BCUT2D eigenvalue weighted by molar-refractivity contribution is 0.301. The molecule has 0 saturated carbocycles. The maximum atomic E-state index is 6.24. The second-order valence-corrected chi connectivity index (χ2v) is 6.43. The molecule has 0 heterocycles. The Morgan fingerprint density at radius 3 is 2.40 bits per heavy atom. The lowest BCUT2D eigenvalue weighted by atomic mass is 9.98. The molecular weight excluding hydrogens is 403 g/mol. The normalized spacial score (nSPS) is 12.2. The first kappa shape index (κ1) is 15.9. The van der Waals surface area contributed by atoms with Crippen molar-refractivity contribution in [2.45, 2.75) is 12.3 Å². The zero-order valence-corrected chi connectivity index (χ0v) is 14.8. The molecule has 0 N–H and O–H groups in total. The minimum Gasteiger partial charge on any atom is -0.494 e. The summed E-state index contributed by atoms with van der Waals surface area (Å²) >= 11 is 13.2. The standard InChI is InChI=1S/C16H15Br2ClO/c17-11-12(15-3-1-2-4-16(15)19)9-10-20-14-7-5-13(18)6-8-14/h1-8,12H,9-11H2. The van der Waals surface area contributed by atoms with E-state index in [1.54, 1.807) is 0 Å². The Morgan fingerprint density at radius 1 is 1.05 bits per heavy atom. The molecule has 0 saturated heterocycles. The monoisotopic (exact) mass is 416 g/mol. The Kier molecular flexibility index (Phi) is 6.40. The van der Waals surface area contributed by atoms with Crippen molar-refractivity contribution in [2.24, 2.45) is 0 Å². The van der Waals surface area contributed by atoms with Crippen LogP contribution in [0.25, 0.3) is 0 Å². The van der Waals surface area contributed by atoms with Crippen LogP contribution in [0, 0.1) is 0 Å². The molecule has 20 heavy (non-hydrogen) atoms. The lowest BCUT2D eigenvalue weighted by Crippen LogP contribution is -2.07. The predicted octanol–water partition coefficient (Wildman–Crippen LogP) is 6.05. The van der Waals surface area contributed by atoms with E-state index in [9.17, 15) is 0 Å². The summed E-state index contributed by atoms with van der Waals surface area (Å²) in [4.78, 5) is 0. The van der Waals surface area contributed by atoms with E-state index in [1.165, 1.54) is 5.56 Å². The van der Waals surface area contributed by atoms with Crippen molar-refractivity contribution in [3.05, 3.63) is 63.6 Å². The fourth-order valence-electron chi connectivity index (χ4n) is 1.97. The van der Waals surface area contributed by atoms with E-state index in [0.29, 0.717) is 12.5 Å². The number of benzene rings is 2. The Labute approximate surface area is 141 Å². The lowest BCUT2D eigenvalue weighted by Gasteiger charge is -2.16. The molecule has 2 aromatic rings. The Bertz CT molecular complexity index is 542. The molecule has 0 spiro atoms. The summed E-state index contributed by atoms with van der Waals surface area (Å²) in [6, 6.07) is 15.9. The molecule has 0 fully saturated rings. The van der Waals surface area contributed by atoms with Crippen LogP contribution in [-0.2, 0) is 0 Å². The predicted molar refractivity (Wildman–Crippen MR) is 92.2 cm³/mol. The molecule has 2 rings (SSSR count). The Hall–Kier alpha value is -0.510. The second kappa shape index (κ2) is 8.06. The molecule has 0 aliphatic heterocycles. The Morgan fingerprint density at radius 2 is 1.75 bits per heavy atom. The minimum absolute atomic E-state index is 0.360. The number of alkyl halides is 1. The van der Waals surface area contributed by atoms with E-state index in [0.717, 1.165) is 27.0 Å². The fraction of sp³-hybridized carbons (Fsp3) is 0.250. The first-order valence-electron chi connectivity index (χ1n) is 6.39. The average Bonchev–Trinajstić information content (AvgIpc) is 2.47. The molecule has 0 radical (unpaired) electrons. The van der Waals surface area contributed by atoms with Crippen LogP contribution >= 0.6 is 43.5 Å². The van der Waals surface area contributed by atoms with Crippen LogP contribution in [0.1, 0.15) is 17.9 Å². The highest BCUT2D eigenvalue weighted by Gasteiger charge is 2.13. The number of hydrogen-bond donors (Lipinski definition) is 0. The van der Waals surface area contributed by atoms with Crippen LogP contribution < -0.4 is 4.74 Å². The third kappa shape index (κ3) is 4.51. The van der Waals surface area contributed by atoms with Crippen molar-refractivity contribution in [1.82, 2.24) is 0 Å². The van der Waals surface area contributed by atoms with E-state index in [-0.39, 0.29) is 0 Å². The van der Waals surface area contributed by atoms with Crippen molar-refractivity contribution in [1.29, 1.82) is 0 Å². The summed E-state index contributed by atoms with van der Waals surface area (Å²) in [5.74, 6) is 1.25. The van der Waals surface area contributed by atoms with Gasteiger partial charge in [-0.15, -0.1) is 0 Å². The van der Waals surface area contributed by atoms with Crippen LogP contribution in [0.15, 0.2) is 53.0 Å². The zero-order valence-electron chi connectivity index (χ0n) is 10.9. The summed E-state index contributed by atoms with van der Waals surface area (Å²) in [6.07, 6.45) is 0.922. The van der Waals surface area contributed by atoms with E-state index in [2.05, 4.69) is 37.9 Å². The molecule has 4 heteroatoms. The molecular formula is C16H15Br2ClO. The van der Waals surface area contributed by atoms with Gasteiger partial charge < -0.3 is 4.74 Å². The van der Waals surface area contributed by atoms with E-state index in [4.69, 9.17) is 16.3 Å². The molecule has 0 aliphatic carbocycles. The molecule has 0 amide bonds. The highest BCUT2D eigenvalue weighted by Crippen LogP contribution is 2.28. The van der Waals surface area contributed by atoms with Gasteiger partial charge in [0.05, 0.1) is 6.61 Å². The van der Waals surface area contributed by atoms with Gasteiger partial charge in [-0.1, -0.05) is 61.7 Å². The third-order valence-corrected chi connectivity index (χ3v) is 4.73. The highest BCUT2D eigenvalue weighted by molar-refractivity contribution is 9.10. The van der Waals surface area contributed by atoms with Gasteiger partial charge in [-0.3, -0.25) is 0 Å². The fourth-order valence-corrected chi connectivity index (χ4v) is 3.20. The summed E-state index contributed by atoms with van der Waals surface area (Å²) < 4.78 is 6.82. The SMILES string of the molecule is Clc1ccccc1C(CBr)CCOc1ccc(Br)cc1. The second-order valence-electron chi connectivity index (χ2n) is 4.46. The topological polar surface area (TPSA) is 9.23 Å². The molecule has 2 aromatic carbocycles. The van der Waals surface area contributed by atoms with Crippen LogP contribution in [0.4, 0.5) is 0 Å². The summed E-state index contributed by atoms with van der Waals surface area (Å²) in [5.41, 5.74) is 1.17. The van der Waals surface area contributed by atoms with Gasteiger partial charge in [0.1, 0.15) is 5.75 Å². The first-order chi connectivity index (χ1) is 9.70. The third-order valence-electron chi connectivity index (χ3n) is 3.08. The van der Waals surface area contributed by atoms with Gasteiger partial charge in [-0.05, 0) is 48.2 Å². The van der Waals surface area contributed by atoms with Gasteiger partial charge in [0, 0.05) is 14.8 Å². The molecule has 0 aromatic heterocycles. The van der Waals surface area contributed by atoms with E-state index in [1.807, 2.05) is 42.5 Å². The summed E-state index contributed by atoms with van der Waals surface area (Å²) in [5, 5.41) is 1.70. The highest BCUT2D eigenvalue weighted by atomic mass is 79.9. The van der Waals surface area contributed by atoms with E-state index < -0.39 is 0 Å². The first-order valence-corrected chi connectivity index (χ1v) is 8.68. The van der Waals surface area contributed by atoms with Gasteiger partial charge in [-0.2, -0.15) is 0 Å². The molecule has 106 valence electrons. The Balaban J connectivity index is 1.91. The van der Waals surface area contributed by atoms with Crippen LogP contribution in [-0.4, -0.2) is 11.9 Å². The zero-order chi connectivity index (χ0) is 14.4. The van der Waals surface area contributed by atoms with Gasteiger partial charge in [0.25, 0.3) is 0 Å². The molecule has 1 nitrogen and oxygen atoms in total. The van der Waals surface area contributed by atoms with Crippen molar-refractivity contribution in [2.75, 3.05) is 11.9 Å². The molecule has 1 unspecified atom stereocenters. The average molecular weight is 419 g/mol. The van der Waals surface area contributed by atoms with Crippen LogP contribution in [0.2, 0.25) is 5.02 Å². The van der Waals surface area contributed by atoms with Gasteiger partial charge in [0.2, 0.25) is 0 Å². The maximum absolute atomic E-state index is 6.24. The maximum Gasteiger partial charge on any atom is 0.119 e. The molecule has 0 bridgehead atoms. The van der Waals surface area contributed by atoms with Gasteiger partial charge >= 0.3 is 0 Å². The smallest absolute Gasteiger partial charge is 0.119 e. The number of halogens is 3.